The molecule has 19 heavy (non-hydrogen) atoms. The van der Waals surface area contributed by atoms with Crippen LogP contribution in [-0.4, -0.2) is 16.6 Å². The van der Waals surface area contributed by atoms with Gasteiger partial charge in [0.25, 0.3) is 11.7 Å². The number of hydrogen-bond donors (Lipinski definition) is 0. The third kappa shape index (κ3) is 4.17. The van der Waals surface area contributed by atoms with E-state index in [1.165, 1.54) is 0 Å². The van der Waals surface area contributed by atoms with E-state index in [4.69, 9.17) is 23.2 Å². The summed E-state index contributed by atoms with van der Waals surface area (Å²) in [4.78, 5) is 14.2. The van der Waals surface area contributed by atoms with Crippen molar-refractivity contribution in [3.63, 3.8) is 0 Å². The van der Waals surface area contributed by atoms with Crippen molar-refractivity contribution >= 4 is 28.4 Å². The quantitative estimate of drug-likeness (QED) is 0.477. The van der Waals surface area contributed by atoms with E-state index in [0.29, 0.717) is 6.07 Å². The smallest absolute Gasteiger partial charge is 0.405 e. The van der Waals surface area contributed by atoms with E-state index in [-0.39, 0.29) is 0 Å². The van der Waals surface area contributed by atoms with Gasteiger partial charge in [0.2, 0.25) is 0 Å². The lowest BCUT2D eigenvalue weighted by Crippen LogP contribution is -2.19. The predicted octanol–water partition coefficient (Wildman–Crippen LogP) is 4.04. The van der Waals surface area contributed by atoms with Crippen molar-refractivity contribution in [1.29, 1.82) is 0 Å². The van der Waals surface area contributed by atoms with Crippen LogP contribution >= 0.6 is 23.2 Å². The molecule has 0 aliphatic carbocycles. The molecule has 3 nitrogen and oxygen atoms in total. The van der Waals surface area contributed by atoms with E-state index in [0.717, 1.165) is 0 Å². The number of aromatic nitrogens is 1. The molecule has 0 unspecified atom stereocenters. The van der Waals surface area contributed by atoms with Crippen LogP contribution in [0.1, 0.15) is 28.2 Å². The highest BCUT2D eigenvalue weighted by Gasteiger charge is 2.34. The first kappa shape index (κ1) is 15.9. The zero-order valence-electron chi connectivity index (χ0n) is 8.77. The molecule has 106 valence electrons. The molecule has 0 saturated heterocycles. The molecule has 0 aromatic carbocycles. The monoisotopic (exact) mass is 323 g/mol. The minimum Gasteiger partial charge on any atom is -0.405 e. The minimum atomic E-state index is -5.13. The third-order valence-corrected chi connectivity index (χ3v) is 2.32. The molecule has 1 aromatic rings. The average molecular weight is 324 g/mol. The number of pyridine rings is 1. The number of alkyl halides is 6. The van der Waals surface area contributed by atoms with Gasteiger partial charge < -0.3 is 4.74 Å². The zero-order valence-corrected chi connectivity index (χ0v) is 10.3. The summed E-state index contributed by atoms with van der Waals surface area (Å²) in [5.41, 5.74) is -2.38. The Morgan fingerprint density at radius 2 is 2.00 bits per heavy atom. The first-order chi connectivity index (χ1) is 8.65. The van der Waals surface area contributed by atoms with Gasteiger partial charge in [0.15, 0.2) is 0 Å². The molecule has 0 spiro atoms. The van der Waals surface area contributed by atoms with Gasteiger partial charge in [0.05, 0.1) is 5.88 Å². The molecular formula is C9H4Cl2F5NO2. The lowest BCUT2D eigenvalue weighted by Gasteiger charge is -2.15. The van der Waals surface area contributed by atoms with Crippen molar-refractivity contribution in [2.24, 2.45) is 0 Å². The summed E-state index contributed by atoms with van der Waals surface area (Å²) in [6.07, 6.45) is -8.33. The fourth-order valence-corrected chi connectivity index (χ4v) is 1.60. The summed E-state index contributed by atoms with van der Waals surface area (Å²) in [6, 6.07) is 0.360. The number of carbonyl (C=O) groups excluding carboxylic acids is 1. The fraction of sp³-hybridized carbons (Fsp3) is 0.333. The summed E-state index contributed by atoms with van der Waals surface area (Å²) >= 11 is 10.4. The zero-order chi connectivity index (χ0) is 14.8. The van der Waals surface area contributed by atoms with Crippen molar-refractivity contribution in [3.8, 4) is 5.75 Å². The fourth-order valence-electron chi connectivity index (χ4n) is 1.19. The number of halogens is 7. The van der Waals surface area contributed by atoms with Gasteiger partial charge in [-0.1, -0.05) is 0 Å². The molecule has 1 aromatic heterocycles. The molecule has 0 aliphatic heterocycles. The third-order valence-electron chi connectivity index (χ3n) is 1.87. The Bertz CT molecular complexity index is 492. The molecule has 10 heteroatoms. The average Bonchev–Trinajstić information content (AvgIpc) is 2.25. The standard InChI is InChI=1S/C9H4Cl2F5NO2/c10-2-3-5(19-9(14,15)16)1-4(8(12)13)17-6(3)7(11)18/h1,8H,2H2. The Morgan fingerprint density at radius 1 is 1.42 bits per heavy atom. The Kier molecular flexibility index (Phi) is 4.92. The molecule has 0 N–H and O–H groups in total. The second-order valence-electron chi connectivity index (χ2n) is 3.13. The van der Waals surface area contributed by atoms with Crippen LogP contribution in [0.4, 0.5) is 22.0 Å². The van der Waals surface area contributed by atoms with E-state index >= 15 is 0 Å². The lowest BCUT2D eigenvalue weighted by molar-refractivity contribution is -0.274. The van der Waals surface area contributed by atoms with Crippen LogP contribution < -0.4 is 4.74 Å². The predicted molar refractivity (Wildman–Crippen MR) is 55.6 cm³/mol. The highest BCUT2D eigenvalue weighted by molar-refractivity contribution is 6.67. The summed E-state index contributed by atoms with van der Waals surface area (Å²) in [5, 5.41) is -1.31. The van der Waals surface area contributed by atoms with E-state index < -0.39 is 46.6 Å². The highest BCUT2D eigenvalue weighted by atomic mass is 35.5. The number of rotatable bonds is 4. The van der Waals surface area contributed by atoms with Gasteiger partial charge in [-0.25, -0.2) is 13.8 Å². The second kappa shape index (κ2) is 5.87. The molecule has 1 heterocycles. The number of hydrogen-bond acceptors (Lipinski definition) is 3. The Morgan fingerprint density at radius 3 is 2.37 bits per heavy atom. The molecule has 0 amide bonds. The van der Waals surface area contributed by atoms with E-state index in [9.17, 15) is 26.7 Å². The van der Waals surface area contributed by atoms with Gasteiger partial charge in [-0.05, 0) is 11.6 Å². The van der Waals surface area contributed by atoms with Crippen LogP contribution in [0.15, 0.2) is 6.07 Å². The van der Waals surface area contributed by atoms with Gasteiger partial charge in [-0.2, -0.15) is 0 Å². The lowest BCUT2D eigenvalue weighted by atomic mass is 10.2. The van der Waals surface area contributed by atoms with Crippen LogP contribution in [0.3, 0.4) is 0 Å². The highest BCUT2D eigenvalue weighted by Crippen LogP contribution is 2.33. The van der Waals surface area contributed by atoms with Crippen LogP contribution in [0.25, 0.3) is 0 Å². The molecule has 0 atom stereocenters. The molecule has 0 saturated carbocycles. The number of carbonyl (C=O) groups is 1. The van der Waals surface area contributed by atoms with E-state index in [1.54, 1.807) is 0 Å². The maximum Gasteiger partial charge on any atom is 0.573 e. The summed E-state index contributed by atoms with van der Waals surface area (Å²) in [5.74, 6) is -1.65. The molecule has 1 rings (SSSR count). The van der Waals surface area contributed by atoms with Crippen molar-refractivity contribution in [3.05, 3.63) is 23.0 Å². The van der Waals surface area contributed by atoms with Crippen molar-refractivity contribution in [1.82, 2.24) is 4.98 Å². The largest absolute Gasteiger partial charge is 0.573 e. The van der Waals surface area contributed by atoms with Crippen molar-refractivity contribution in [2.75, 3.05) is 0 Å². The van der Waals surface area contributed by atoms with Crippen LogP contribution in [0, 0.1) is 0 Å². The molecule has 0 aliphatic rings. The Balaban J connectivity index is 3.44. The molecule has 0 fully saturated rings. The van der Waals surface area contributed by atoms with Gasteiger partial charge in [-0.15, -0.1) is 24.8 Å². The van der Waals surface area contributed by atoms with E-state index in [1.807, 2.05) is 0 Å². The summed E-state index contributed by atoms with van der Waals surface area (Å²) < 4.78 is 64.9. The van der Waals surface area contributed by atoms with Gasteiger partial charge in [0.1, 0.15) is 17.1 Å². The maximum atomic E-state index is 12.5. The minimum absolute atomic E-state index is 0.360. The first-order valence-electron chi connectivity index (χ1n) is 4.49. The van der Waals surface area contributed by atoms with Crippen LogP contribution in [0.2, 0.25) is 0 Å². The van der Waals surface area contributed by atoms with Gasteiger partial charge in [0, 0.05) is 11.6 Å². The van der Waals surface area contributed by atoms with Gasteiger partial charge >= 0.3 is 6.36 Å². The molecule has 0 radical (unpaired) electrons. The van der Waals surface area contributed by atoms with Crippen LogP contribution in [-0.2, 0) is 5.88 Å². The summed E-state index contributed by atoms with van der Waals surface area (Å²) in [6.45, 7) is 0. The van der Waals surface area contributed by atoms with Gasteiger partial charge in [-0.3, -0.25) is 4.79 Å². The maximum absolute atomic E-state index is 12.5. The number of nitrogens with zero attached hydrogens (tertiary/aromatic N) is 1. The molecular weight excluding hydrogens is 320 g/mol. The Hall–Kier alpha value is -1.15. The summed E-state index contributed by atoms with van der Waals surface area (Å²) in [7, 11) is 0. The number of ether oxygens (including phenoxy) is 1. The normalized spacial score (nSPS) is 11.8. The SMILES string of the molecule is O=C(Cl)c1nc(C(F)F)cc(OC(F)(F)F)c1CCl. The van der Waals surface area contributed by atoms with Crippen molar-refractivity contribution in [2.45, 2.75) is 18.7 Å². The van der Waals surface area contributed by atoms with Crippen LogP contribution in [0.5, 0.6) is 5.75 Å². The van der Waals surface area contributed by atoms with Crippen molar-refractivity contribution < 1.29 is 31.5 Å². The Labute approximate surface area is 113 Å². The topological polar surface area (TPSA) is 39.2 Å². The first-order valence-corrected chi connectivity index (χ1v) is 5.40. The molecule has 0 bridgehead atoms. The second-order valence-corrected chi connectivity index (χ2v) is 3.74. The van der Waals surface area contributed by atoms with E-state index in [2.05, 4.69) is 9.72 Å².